The van der Waals surface area contributed by atoms with Gasteiger partial charge in [0.05, 0.1) is 29.0 Å². The number of nitrogens with one attached hydrogen (secondary N) is 1. The molecular weight excluding hydrogens is 350 g/mol. The number of anilines is 2. The van der Waals surface area contributed by atoms with Crippen molar-refractivity contribution in [2.24, 2.45) is 5.84 Å². The van der Waals surface area contributed by atoms with Gasteiger partial charge in [-0.2, -0.15) is 5.26 Å². The SMILES string of the molecule is N#Cc1ccc(-c2ccc(N)c(N(N)Cc3ccc4ncccc4c3)n2)c[nH+]1. The zero-order chi connectivity index (χ0) is 19.5. The number of fused-ring (bicyclic) bond motifs is 1. The van der Waals surface area contributed by atoms with Gasteiger partial charge in [-0.25, -0.2) is 15.8 Å². The molecule has 3 heterocycles. The molecule has 28 heavy (non-hydrogen) atoms. The number of nitrogen functional groups attached to an aromatic ring is 1. The minimum Gasteiger partial charge on any atom is -0.396 e. The van der Waals surface area contributed by atoms with E-state index in [-0.39, 0.29) is 0 Å². The molecule has 5 N–H and O–H groups in total. The molecule has 7 heteroatoms. The summed E-state index contributed by atoms with van der Waals surface area (Å²) in [4.78, 5) is 11.9. The zero-order valence-corrected chi connectivity index (χ0v) is 15.0. The van der Waals surface area contributed by atoms with Crippen LogP contribution in [0.2, 0.25) is 0 Å². The van der Waals surface area contributed by atoms with Crippen molar-refractivity contribution in [3.05, 3.63) is 78.2 Å². The van der Waals surface area contributed by atoms with Crippen molar-refractivity contribution in [2.45, 2.75) is 6.54 Å². The molecule has 0 unspecified atom stereocenters. The number of hydrazine groups is 1. The highest BCUT2D eigenvalue weighted by molar-refractivity contribution is 5.79. The highest BCUT2D eigenvalue weighted by Crippen LogP contribution is 2.25. The number of nitriles is 1. The van der Waals surface area contributed by atoms with E-state index >= 15 is 0 Å². The minimum absolute atomic E-state index is 0.449. The lowest BCUT2D eigenvalue weighted by molar-refractivity contribution is -0.381. The van der Waals surface area contributed by atoms with Gasteiger partial charge in [-0.1, -0.05) is 12.1 Å². The molecule has 0 aliphatic carbocycles. The summed E-state index contributed by atoms with van der Waals surface area (Å²) in [5.41, 5.74) is 10.6. The second kappa shape index (κ2) is 7.31. The molecule has 0 saturated heterocycles. The molecule has 0 spiro atoms. The van der Waals surface area contributed by atoms with E-state index in [9.17, 15) is 0 Å². The number of aromatic amines is 1. The molecule has 7 nitrogen and oxygen atoms in total. The van der Waals surface area contributed by atoms with Crippen LogP contribution in [0, 0.1) is 11.3 Å². The first kappa shape index (κ1) is 17.4. The molecule has 0 aliphatic heterocycles. The smallest absolute Gasteiger partial charge is 0.281 e. The van der Waals surface area contributed by atoms with E-state index in [1.807, 2.05) is 36.4 Å². The van der Waals surface area contributed by atoms with Crippen molar-refractivity contribution >= 4 is 22.4 Å². The molecule has 0 fully saturated rings. The van der Waals surface area contributed by atoms with Crippen molar-refractivity contribution < 1.29 is 4.98 Å². The maximum Gasteiger partial charge on any atom is 0.281 e. The van der Waals surface area contributed by atoms with E-state index in [0.717, 1.165) is 22.0 Å². The maximum absolute atomic E-state index is 8.92. The van der Waals surface area contributed by atoms with Crippen LogP contribution in [0.3, 0.4) is 0 Å². The highest BCUT2D eigenvalue weighted by atomic mass is 15.4. The third-order valence-electron chi connectivity index (χ3n) is 4.43. The Morgan fingerprint density at radius 3 is 2.79 bits per heavy atom. The summed E-state index contributed by atoms with van der Waals surface area (Å²) >= 11 is 0. The average molecular weight is 368 g/mol. The highest BCUT2D eigenvalue weighted by Gasteiger charge is 2.13. The van der Waals surface area contributed by atoms with Gasteiger partial charge in [-0.05, 0) is 42.0 Å². The van der Waals surface area contributed by atoms with E-state index in [1.165, 1.54) is 5.01 Å². The first-order valence-corrected chi connectivity index (χ1v) is 8.68. The number of rotatable bonds is 4. The predicted molar refractivity (Wildman–Crippen MR) is 107 cm³/mol. The molecule has 4 rings (SSSR count). The number of nitrogens with two attached hydrogens (primary N) is 2. The monoisotopic (exact) mass is 368 g/mol. The third-order valence-corrected chi connectivity index (χ3v) is 4.43. The number of pyridine rings is 3. The molecule has 0 aliphatic rings. The Kier molecular flexibility index (Phi) is 4.54. The van der Waals surface area contributed by atoms with Gasteiger partial charge in [0.25, 0.3) is 5.69 Å². The van der Waals surface area contributed by atoms with Crippen molar-refractivity contribution in [2.75, 3.05) is 10.7 Å². The van der Waals surface area contributed by atoms with Crippen molar-refractivity contribution in [3.63, 3.8) is 0 Å². The van der Waals surface area contributed by atoms with E-state index in [4.69, 9.17) is 16.8 Å². The number of benzene rings is 1. The van der Waals surface area contributed by atoms with Gasteiger partial charge < -0.3 is 5.73 Å². The largest absolute Gasteiger partial charge is 0.396 e. The molecule has 136 valence electrons. The normalized spacial score (nSPS) is 10.6. The number of H-pyrrole nitrogens is 1. The molecule has 0 amide bonds. The van der Waals surface area contributed by atoms with Gasteiger partial charge in [0.2, 0.25) is 0 Å². The first-order valence-electron chi connectivity index (χ1n) is 8.68. The number of hydrogen-bond donors (Lipinski definition) is 2. The quantitative estimate of drug-likeness (QED) is 0.422. The molecule has 1 aromatic carbocycles. The molecule has 0 saturated carbocycles. The van der Waals surface area contributed by atoms with Crippen LogP contribution < -0.4 is 21.6 Å². The summed E-state index contributed by atoms with van der Waals surface area (Å²) in [5, 5.41) is 11.5. The molecule has 0 atom stereocenters. The zero-order valence-electron chi connectivity index (χ0n) is 15.0. The Morgan fingerprint density at radius 2 is 2.00 bits per heavy atom. The fourth-order valence-electron chi connectivity index (χ4n) is 3.00. The number of hydrogen-bond acceptors (Lipinski definition) is 6. The van der Waals surface area contributed by atoms with Crippen LogP contribution in [0.5, 0.6) is 0 Å². The second-order valence-corrected chi connectivity index (χ2v) is 6.37. The Balaban J connectivity index is 1.62. The van der Waals surface area contributed by atoms with Crippen LogP contribution in [-0.2, 0) is 6.54 Å². The maximum atomic E-state index is 8.92. The summed E-state index contributed by atoms with van der Waals surface area (Å²) in [6, 6.07) is 19.1. The fourth-order valence-corrected chi connectivity index (χ4v) is 3.00. The molecule has 3 aromatic heterocycles. The molecule has 4 aromatic rings. The lowest BCUT2D eigenvalue weighted by Gasteiger charge is -2.20. The Bertz CT molecular complexity index is 1180. The number of aromatic nitrogens is 3. The average Bonchev–Trinajstić information content (AvgIpc) is 2.74. The summed E-state index contributed by atoms with van der Waals surface area (Å²) in [6.07, 6.45) is 3.51. The van der Waals surface area contributed by atoms with Gasteiger partial charge >= 0.3 is 0 Å². The van der Waals surface area contributed by atoms with E-state index in [2.05, 4.69) is 27.1 Å². The Hall–Kier alpha value is -4.02. The molecule has 0 radical (unpaired) electrons. The summed E-state index contributed by atoms with van der Waals surface area (Å²) in [7, 11) is 0. The standard InChI is InChI=1S/C21H17N7/c22-11-17-5-4-16(12-26-17)20-8-6-18(23)21(27-20)28(24)13-14-3-7-19-15(10-14)2-1-9-25-19/h1-10,12H,13,23-24H2/p+1. The summed E-state index contributed by atoms with van der Waals surface area (Å²) in [6.45, 7) is 0.449. The topological polar surface area (TPSA) is 119 Å². The summed E-state index contributed by atoms with van der Waals surface area (Å²) < 4.78 is 0. The van der Waals surface area contributed by atoms with E-state index in [0.29, 0.717) is 29.4 Å². The van der Waals surface area contributed by atoms with Gasteiger partial charge in [-0.15, -0.1) is 0 Å². The van der Waals surface area contributed by atoms with Crippen LogP contribution in [0.1, 0.15) is 11.3 Å². The molecule has 0 bridgehead atoms. The van der Waals surface area contributed by atoms with Crippen molar-refractivity contribution in [3.8, 4) is 17.3 Å². The van der Waals surface area contributed by atoms with Gasteiger partial charge in [0.1, 0.15) is 0 Å². The van der Waals surface area contributed by atoms with Crippen LogP contribution in [0.25, 0.3) is 22.2 Å². The fraction of sp³-hybridized carbons (Fsp3) is 0.0476. The second-order valence-electron chi connectivity index (χ2n) is 6.37. The Morgan fingerprint density at radius 1 is 1.11 bits per heavy atom. The first-order chi connectivity index (χ1) is 13.6. The van der Waals surface area contributed by atoms with Gasteiger partial charge in [0, 0.05) is 17.6 Å². The van der Waals surface area contributed by atoms with Crippen LogP contribution in [-0.4, -0.2) is 9.97 Å². The Labute approximate surface area is 161 Å². The third kappa shape index (κ3) is 3.45. The van der Waals surface area contributed by atoms with E-state index in [1.54, 1.807) is 24.5 Å². The van der Waals surface area contributed by atoms with Crippen molar-refractivity contribution in [1.29, 1.82) is 5.26 Å². The van der Waals surface area contributed by atoms with E-state index < -0.39 is 0 Å². The number of nitrogens with zero attached hydrogens (tertiary/aromatic N) is 4. The minimum atomic E-state index is 0.449. The van der Waals surface area contributed by atoms with Gasteiger partial charge in [-0.3, -0.25) is 9.99 Å². The lowest BCUT2D eigenvalue weighted by Crippen LogP contribution is -2.31. The van der Waals surface area contributed by atoms with Gasteiger partial charge in [0.15, 0.2) is 18.1 Å². The molecular formula is C21H18N7+. The van der Waals surface area contributed by atoms with Crippen LogP contribution in [0.4, 0.5) is 11.5 Å². The van der Waals surface area contributed by atoms with Crippen LogP contribution >= 0.6 is 0 Å². The predicted octanol–water partition coefficient (Wildman–Crippen LogP) is 2.45. The van der Waals surface area contributed by atoms with Crippen LogP contribution in [0.15, 0.2) is 67.0 Å². The summed E-state index contributed by atoms with van der Waals surface area (Å²) in [5.74, 6) is 6.78. The van der Waals surface area contributed by atoms with Crippen molar-refractivity contribution in [1.82, 2.24) is 9.97 Å². The lowest BCUT2D eigenvalue weighted by atomic mass is 10.1.